The Balaban J connectivity index is 2.17. The molecule has 1 heterocycles. The zero-order valence-corrected chi connectivity index (χ0v) is 14.9. The molecule has 0 radical (unpaired) electrons. The molecule has 6 heteroatoms. The van der Waals surface area contributed by atoms with Gasteiger partial charge < -0.3 is 15.2 Å². The summed E-state index contributed by atoms with van der Waals surface area (Å²) in [6.07, 6.45) is 1.82. The standard InChI is InChI=1S/C18H18BrNO4/c1-2-23-18(22)16-14(10-5-3-6-11(19)9-10)15-12(21)7-4-8-13(15)24-17(16)20/h3,5-6,9,14H,2,4,7-8,20H2,1H3/t14-/m0/s1. The van der Waals surface area contributed by atoms with E-state index in [0.29, 0.717) is 24.2 Å². The normalized spacial score (nSPS) is 20.6. The largest absolute Gasteiger partial charge is 0.462 e. The Labute approximate surface area is 148 Å². The highest BCUT2D eigenvalue weighted by Crippen LogP contribution is 2.44. The molecule has 5 nitrogen and oxygen atoms in total. The first-order chi connectivity index (χ1) is 11.5. The molecule has 1 aromatic carbocycles. The van der Waals surface area contributed by atoms with E-state index in [4.69, 9.17) is 15.2 Å². The Bertz CT molecular complexity index is 766. The molecule has 2 N–H and O–H groups in total. The van der Waals surface area contributed by atoms with Gasteiger partial charge in [0.2, 0.25) is 5.88 Å². The van der Waals surface area contributed by atoms with Crippen molar-refractivity contribution in [3.05, 3.63) is 57.1 Å². The number of benzene rings is 1. The smallest absolute Gasteiger partial charge is 0.340 e. The number of ether oxygens (including phenoxy) is 2. The number of allylic oxidation sites excluding steroid dienone is 2. The van der Waals surface area contributed by atoms with Crippen molar-refractivity contribution in [2.24, 2.45) is 5.73 Å². The van der Waals surface area contributed by atoms with Crippen molar-refractivity contribution < 1.29 is 19.1 Å². The van der Waals surface area contributed by atoms with Gasteiger partial charge in [0.15, 0.2) is 5.78 Å². The second kappa shape index (κ2) is 6.81. The molecule has 2 aliphatic rings. The van der Waals surface area contributed by atoms with Gasteiger partial charge >= 0.3 is 5.97 Å². The van der Waals surface area contributed by atoms with Crippen LogP contribution in [0.15, 0.2) is 51.5 Å². The SMILES string of the molecule is CCOC(=O)C1=C(N)OC2=C(C(=O)CCC2)[C@@H]1c1cccc(Br)c1. The van der Waals surface area contributed by atoms with Crippen LogP contribution in [-0.2, 0) is 19.1 Å². The minimum absolute atomic E-state index is 0.00414. The summed E-state index contributed by atoms with van der Waals surface area (Å²) < 4.78 is 11.6. The van der Waals surface area contributed by atoms with Crippen molar-refractivity contribution in [1.82, 2.24) is 0 Å². The zero-order valence-electron chi connectivity index (χ0n) is 13.3. The van der Waals surface area contributed by atoms with Crippen LogP contribution in [0, 0.1) is 0 Å². The maximum Gasteiger partial charge on any atom is 0.340 e. The van der Waals surface area contributed by atoms with E-state index in [2.05, 4.69) is 15.9 Å². The van der Waals surface area contributed by atoms with Gasteiger partial charge in [-0.05, 0) is 31.0 Å². The number of hydrogen-bond donors (Lipinski definition) is 1. The first-order valence-electron chi connectivity index (χ1n) is 7.89. The Morgan fingerprint density at radius 1 is 1.42 bits per heavy atom. The number of carbonyl (C=O) groups excluding carboxylic acids is 2. The molecular formula is C18H18BrNO4. The Morgan fingerprint density at radius 3 is 2.92 bits per heavy atom. The van der Waals surface area contributed by atoms with E-state index >= 15 is 0 Å². The van der Waals surface area contributed by atoms with Crippen molar-refractivity contribution in [3.63, 3.8) is 0 Å². The highest BCUT2D eigenvalue weighted by Gasteiger charge is 2.41. The predicted octanol–water partition coefficient (Wildman–Crippen LogP) is 3.30. The van der Waals surface area contributed by atoms with Crippen molar-refractivity contribution in [2.75, 3.05) is 6.61 Å². The van der Waals surface area contributed by atoms with Gasteiger partial charge in [0.25, 0.3) is 0 Å². The minimum Gasteiger partial charge on any atom is -0.462 e. The molecule has 0 amide bonds. The molecule has 1 aliphatic heterocycles. The van der Waals surface area contributed by atoms with E-state index in [1.54, 1.807) is 6.92 Å². The Hall–Kier alpha value is -2.08. The molecule has 1 aromatic rings. The number of halogens is 1. The van der Waals surface area contributed by atoms with Crippen LogP contribution in [0.1, 0.15) is 37.7 Å². The molecule has 0 bridgehead atoms. The molecule has 126 valence electrons. The number of carbonyl (C=O) groups is 2. The molecule has 0 saturated heterocycles. The number of nitrogens with two attached hydrogens (primary N) is 1. The van der Waals surface area contributed by atoms with Gasteiger partial charge in [-0.25, -0.2) is 4.79 Å². The van der Waals surface area contributed by atoms with Crippen LogP contribution in [0.5, 0.6) is 0 Å². The molecule has 3 rings (SSSR count). The van der Waals surface area contributed by atoms with E-state index in [1.807, 2.05) is 24.3 Å². The maximum atomic E-state index is 12.6. The van der Waals surface area contributed by atoms with E-state index in [0.717, 1.165) is 16.5 Å². The number of hydrogen-bond acceptors (Lipinski definition) is 5. The summed E-state index contributed by atoms with van der Waals surface area (Å²) >= 11 is 3.44. The molecule has 0 spiro atoms. The number of esters is 1. The fourth-order valence-electron chi connectivity index (χ4n) is 3.18. The highest BCUT2D eigenvalue weighted by atomic mass is 79.9. The second-order valence-electron chi connectivity index (χ2n) is 5.70. The van der Waals surface area contributed by atoms with Crippen LogP contribution in [-0.4, -0.2) is 18.4 Å². The Kier molecular flexibility index (Phi) is 4.76. The van der Waals surface area contributed by atoms with Gasteiger partial charge in [-0.3, -0.25) is 4.79 Å². The van der Waals surface area contributed by atoms with Crippen LogP contribution >= 0.6 is 15.9 Å². The van der Waals surface area contributed by atoms with Crippen molar-refractivity contribution in [3.8, 4) is 0 Å². The molecule has 24 heavy (non-hydrogen) atoms. The zero-order chi connectivity index (χ0) is 17.3. The Morgan fingerprint density at radius 2 is 2.21 bits per heavy atom. The molecule has 0 saturated carbocycles. The molecule has 1 aliphatic carbocycles. The fraction of sp³-hybridized carbons (Fsp3) is 0.333. The lowest BCUT2D eigenvalue weighted by molar-refractivity contribution is -0.139. The van der Waals surface area contributed by atoms with E-state index in [1.165, 1.54) is 0 Å². The van der Waals surface area contributed by atoms with Gasteiger partial charge in [-0.2, -0.15) is 0 Å². The third kappa shape index (κ3) is 2.98. The quantitative estimate of drug-likeness (QED) is 0.799. The van der Waals surface area contributed by atoms with Crippen LogP contribution in [0.25, 0.3) is 0 Å². The van der Waals surface area contributed by atoms with E-state index < -0.39 is 11.9 Å². The highest BCUT2D eigenvalue weighted by molar-refractivity contribution is 9.10. The summed E-state index contributed by atoms with van der Waals surface area (Å²) in [6, 6.07) is 7.51. The van der Waals surface area contributed by atoms with E-state index in [-0.39, 0.29) is 23.8 Å². The van der Waals surface area contributed by atoms with Gasteiger partial charge in [0.1, 0.15) is 11.3 Å². The third-order valence-corrected chi connectivity index (χ3v) is 4.66. The topological polar surface area (TPSA) is 78.6 Å². The fourth-order valence-corrected chi connectivity index (χ4v) is 3.60. The van der Waals surface area contributed by atoms with Gasteiger partial charge in [0, 0.05) is 22.9 Å². The average molecular weight is 392 g/mol. The lowest BCUT2D eigenvalue weighted by Gasteiger charge is -2.32. The van der Waals surface area contributed by atoms with Gasteiger partial charge in [-0.15, -0.1) is 0 Å². The second-order valence-corrected chi connectivity index (χ2v) is 6.62. The minimum atomic E-state index is -0.557. The molecule has 0 fully saturated rings. The number of ketones is 1. The predicted molar refractivity (Wildman–Crippen MR) is 91.7 cm³/mol. The maximum absolute atomic E-state index is 12.6. The molecular weight excluding hydrogens is 374 g/mol. The average Bonchev–Trinajstić information content (AvgIpc) is 2.54. The summed E-state index contributed by atoms with van der Waals surface area (Å²) in [5.41, 5.74) is 7.56. The van der Waals surface area contributed by atoms with Crippen molar-refractivity contribution >= 4 is 27.7 Å². The van der Waals surface area contributed by atoms with Crippen LogP contribution < -0.4 is 5.73 Å². The van der Waals surface area contributed by atoms with Crippen LogP contribution in [0.2, 0.25) is 0 Å². The molecule has 0 unspecified atom stereocenters. The molecule has 0 aromatic heterocycles. The number of rotatable bonds is 3. The summed E-state index contributed by atoms with van der Waals surface area (Å²) in [6.45, 7) is 1.95. The van der Waals surface area contributed by atoms with Gasteiger partial charge in [0.05, 0.1) is 12.5 Å². The van der Waals surface area contributed by atoms with Crippen LogP contribution in [0.4, 0.5) is 0 Å². The van der Waals surface area contributed by atoms with Crippen molar-refractivity contribution in [2.45, 2.75) is 32.1 Å². The van der Waals surface area contributed by atoms with Gasteiger partial charge in [-0.1, -0.05) is 28.1 Å². The first kappa shape index (κ1) is 16.8. The summed E-state index contributed by atoms with van der Waals surface area (Å²) in [4.78, 5) is 25.0. The lowest BCUT2D eigenvalue weighted by Crippen LogP contribution is -2.31. The molecule has 1 atom stereocenters. The monoisotopic (exact) mass is 391 g/mol. The summed E-state index contributed by atoms with van der Waals surface area (Å²) in [7, 11) is 0. The lowest BCUT2D eigenvalue weighted by atomic mass is 9.77. The van der Waals surface area contributed by atoms with Crippen molar-refractivity contribution in [1.29, 1.82) is 0 Å². The first-order valence-corrected chi connectivity index (χ1v) is 8.68. The number of Topliss-reactive ketones (excluding diaryl/α,β-unsaturated/α-hetero) is 1. The van der Waals surface area contributed by atoms with Crippen LogP contribution in [0.3, 0.4) is 0 Å². The third-order valence-electron chi connectivity index (χ3n) is 4.16. The summed E-state index contributed by atoms with van der Waals surface area (Å²) in [5.74, 6) is -0.521. The van der Waals surface area contributed by atoms with E-state index in [9.17, 15) is 9.59 Å². The summed E-state index contributed by atoms with van der Waals surface area (Å²) in [5, 5.41) is 0.